The molecule has 1 fully saturated rings. The van der Waals surface area contributed by atoms with Gasteiger partial charge in [-0.05, 0) is 54.7 Å². The van der Waals surface area contributed by atoms with Gasteiger partial charge in [-0.1, -0.05) is 30.7 Å². The number of carbonyl (C=O) groups is 1. The van der Waals surface area contributed by atoms with Crippen LogP contribution in [0.5, 0.6) is 0 Å². The van der Waals surface area contributed by atoms with Gasteiger partial charge >= 0.3 is 5.97 Å². The van der Waals surface area contributed by atoms with Crippen molar-refractivity contribution in [3.8, 4) is 0 Å². The molecule has 2 aromatic carbocycles. The fraction of sp³-hybridized carbons (Fsp3) is 0.381. The van der Waals surface area contributed by atoms with Crippen LogP contribution < -0.4 is 0 Å². The van der Waals surface area contributed by atoms with E-state index in [1.54, 1.807) is 36.4 Å². The van der Waals surface area contributed by atoms with E-state index in [-0.39, 0.29) is 29.7 Å². The lowest BCUT2D eigenvalue weighted by Gasteiger charge is -2.25. The van der Waals surface area contributed by atoms with E-state index in [4.69, 9.17) is 4.74 Å². The molecule has 3 rings (SSSR count). The zero-order chi connectivity index (χ0) is 20.0. The molecule has 150 valence electrons. The van der Waals surface area contributed by atoms with Crippen molar-refractivity contribution in [1.29, 1.82) is 0 Å². The molecule has 0 spiro atoms. The molecule has 0 N–H and O–H groups in total. The fourth-order valence-electron chi connectivity index (χ4n) is 3.19. The molecule has 28 heavy (non-hydrogen) atoms. The average molecular weight is 405 g/mol. The third kappa shape index (κ3) is 5.39. The normalized spacial score (nSPS) is 15.3. The molecular weight excluding hydrogens is 381 g/mol. The zero-order valence-corrected chi connectivity index (χ0v) is 16.5. The highest BCUT2D eigenvalue weighted by Crippen LogP contribution is 2.21. The van der Waals surface area contributed by atoms with E-state index in [2.05, 4.69) is 0 Å². The second-order valence-electron chi connectivity index (χ2n) is 6.90. The van der Waals surface area contributed by atoms with Crippen molar-refractivity contribution < 1.29 is 22.3 Å². The molecule has 0 aromatic heterocycles. The Bertz CT molecular complexity index is 906. The van der Waals surface area contributed by atoms with Crippen LogP contribution in [0.15, 0.2) is 53.4 Å². The van der Waals surface area contributed by atoms with Gasteiger partial charge in [0.05, 0.1) is 4.90 Å². The Hall–Kier alpha value is -2.25. The number of aryl methyl sites for hydroxylation is 1. The SMILES string of the molecule is O=C(CCc1ccc(S(=O)(=O)N2CCCCC2)cc1)OCc1cccc(F)c1. The Labute approximate surface area is 165 Å². The molecule has 0 radical (unpaired) electrons. The lowest BCUT2D eigenvalue weighted by Crippen LogP contribution is -2.35. The van der Waals surface area contributed by atoms with Gasteiger partial charge in [0.2, 0.25) is 10.0 Å². The van der Waals surface area contributed by atoms with Gasteiger partial charge in [-0.3, -0.25) is 4.79 Å². The van der Waals surface area contributed by atoms with Crippen LogP contribution in [-0.2, 0) is 32.6 Å². The number of carbonyl (C=O) groups excluding carboxylic acids is 1. The van der Waals surface area contributed by atoms with Gasteiger partial charge in [-0.15, -0.1) is 0 Å². The van der Waals surface area contributed by atoms with Crippen LogP contribution in [0.2, 0.25) is 0 Å². The summed E-state index contributed by atoms with van der Waals surface area (Å²) in [4.78, 5) is 12.2. The van der Waals surface area contributed by atoms with Gasteiger partial charge in [0.1, 0.15) is 12.4 Å². The maximum atomic E-state index is 13.1. The minimum atomic E-state index is -3.44. The highest BCUT2D eigenvalue weighted by molar-refractivity contribution is 7.89. The number of rotatable bonds is 7. The van der Waals surface area contributed by atoms with Crippen molar-refractivity contribution >= 4 is 16.0 Å². The highest BCUT2D eigenvalue weighted by atomic mass is 32.2. The molecule has 0 atom stereocenters. The molecule has 0 aliphatic carbocycles. The third-order valence-electron chi connectivity index (χ3n) is 4.78. The maximum absolute atomic E-state index is 13.1. The van der Waals surface area contributed by atoms with Crippen LogP contribution in [-0.4, -0.2) is 31.8 Å². The lowest BCUT2D eigenvalue weighted by molar-refractivity contribution is -0.144. The number of sulfonamides is 1. The van der Waals surface area contributed by atoms with Crippen molar-refractivity contribution in [3.05, 3.63) is 65.5 Å². The standard InChI is InChI=1S/C21H24FNO4S/c22-19-6-4-5-18(15-19)16-27-21(24)12-9-17-7-10-20(11-8-17)28(25,26)23-13-2-1-3-14-23/h4-8,10-11,15H,1-3,9,12-14,16H2. The van der Waals surface area contributed by atoms with Crippen molar-refractivity contribution in [1.82, 2.24) is 4.31 Å². The minimum absolute atomic E-state index is 0.0314. The Kier molecular flexibility index (Phi) is 6.80. The van der Waals surface area contributed by atoms with E-state index in [0.29, 0.717) is 25.1 Å². The molecule has 0 saturated carbocycles. The second-order valence-corrected chi connectivity index (χ2v) is 8.84. The summed E-state index contributed by atoms with van der Waals surface area (Å²) >= 11 is 0. The number of hydrogen-bond donors (Lipinski definition) is 0. The number of nitrogens with zero attached hydrogens (tertiary/aromatic N) is 1. The summed E-state index contributed by atoms with van der Waals surface area (Å²) in [5.74, 6) is -0.748. The molecule has 0 unspecified atom stereocenters. The predicted octanol–water partition coefficient (Wildman–Crippen LogP) is 3.68. The first-order valence-electron chi connectivity index (χ1n) is 9.44. The van der Waals surface area contributed by atoms with Crippen molar-refractivity contribution in [3.63, 3.8) is 0 Å². The number of hydrogen-bond acceptors (Lipinski definition) is 4. The molecule has 5 nitrogen and oxygen atoms in total. The summed E-state index contributed by atoms with van der Waals surface area (Å²) in [6.45, 7) is 1.17. The molecule has 1 saturated heterocycles. The predicted molar refractivity (Wildman–Crippen MR) is 104 cm³/mol. The smallest absolute Gasteiger partial charge is 0.306 e. The van der Waals surface area contributed by atoms with E-state index in [9.17, 15) is 17.6 Å². The molecular formula is C21H24FNO4S. The average Bonchev–Trinajstić information content (AvgIpc) is 2.72. The van der Waals surface area contributed by atoms with Crippen LogP contribution in [0.25, 0.3) is 0 Å². The van der Waals surface area contributed by atoms with Crippen LogP contribution in [0.3, 0.4) is 0 Å². The summed E-state index contributed by atoms with van der Waals surface area (Å²) in [7, 11) is -3.44. The molecule has 7 heteroatoms. The topological polar surface area (TPSA) is 63.7 Å². The van der Waals surface area contributed by atoms with Crippen molar-refractivity contribution in [2.45, 2.75) is 43.6 Å². The quantitative estimate of drug-likeness (QED) is 0.660. The number of esters is 1. The monoisotopic (exact) mass is 405 g/mol. The second kappa shape index (κ2) is 9.30. The third-order valence-corrected chi connectivity index (χ3v) is 6.70. The van der Waals surface area contributed by atoms with Gasteiger partial charge in [-0.2, -0.15) is 4.31 Å². The van der Waals surface area contributed by atoms with E-state index in [1.807, 2.05) is 0 Å². The van der Waals surface area contributed by atoms with Crippen LogP contribution in [0.4, 0.5) is 4.39 Å². The van der Waals surface area contributed by atoms with Gasteiger partial charge in [-0.25, -0.2) is 12.8 Å². The highest BCUT2D eigenvalue weighted by Gasteiger charge is 2.25. The Balaban J connectivity index is 1.50. The van der Waals surface area contributed by atoms with Gasteiger partial charge in [0.15, 0.2) is 0 Å². The van der Waals surface area contributed by atoms with Gasteiger partial charge < -0.3 is 4.74 Å². The summed E-state index contributed by atoms with van der Waals surface area (Å²) in [5.41, 5.74) is 1.46. The van der Waals surface area contributed by atoms with Crippen LogP contribution in [0, 0.1) is 5.82 Å². The first-order valence-corrected chi connectivity index (χ1v) is 10.9. The van der Waals surface area contributed by atoms with E-state index in [1.165, 1.54) is 16.4 Å². The van der Waals surface area contributed by atoms with Gasteiger partial charge in [0.25, 0.3) is 0 Å². The molecule has 1 heterocycles. The molecule has 1 aliphatic rings. The maximum Gasteiger partial charge on any atom is 0.306 e. The summed E-state index contributed by atoms with van der Waals surface area (Å²) in [6, 6.07) is 12.6. The van der Waals surface area contributed by atoms with Gasteiger partial charge in [0, 0.05) is 19.5 Å². The summed E-state index contributed by atoms with van der Waals surface area (Å²) in [5, 5.41) is 0. The van der Waals surface area contributed by atoms with Crippen molar-refractivity contribution in [2.24, 2.45) is 0 Å². The molecule has 0 bridgehead atoms. The molecule has 1 aliphatic heterocycles. The number of ether oxygens (including phenoxy) is 1. The number of halogens is 1. The lowest BCUT2D eigenvalue weighted by atomic mass is 10.1. The van der Waals surface area contributed by atoms with Crippen LogP contribution >= 0.6 is 0 Å². The van der Waals surface area contributed by atoms with Crippen molar-refractivity contribution in [2.75, 3.05) is 13.1 Å². The fourth-order valence-corrected chi connectivity index (χ4v) is 4.71. The Morgan fingerprint density at radius 2 is 1.71 bits per heavy atom. The summed E-state index contributed by atoms with van der Waals surface area (Å²) < 4.78 is 45.1. The number of benzene rings is 2. The largest absolute Gasteiger partial charge is 0.461 e. The molecule has 0 amide bonds. The first-order chi connectivity index (χ1) is 13.4. The Morgan fingerprint density at radius 3 is 2.39 bits per heavy atom. The number of piperidine rings is 1. The first kappa shape index (κ1) is 20.5. The van der Waals surface area contributed by atoms with Crippen LogP contribution in [0.1, 0.15) is 36.8 Å². The zero-order valence-electron chi connectivity index (χ0n) is 15.6. The van der Waals surface area contributed by atoms with E-state index < -0.39 is 10.0 Å². The van der Waals surface area contributed by atoms with E-state index in [0.717, 1.165) is 24.8 Å². The molecule has 2 aromatic rings. The Morgan fingerprint density at radius 1 is 1.00 bits per heavy atom. The van der Waals surface area contributed by atoms with E-state index >= 15 is 0 Å². The minimum Gasteiger partial charge on any atom is -0.461 e. The summed E-state index contributed by atoms with van der Waals surface area (Å²) in [6.07, 6.45) is 3.49.